The summed E-state index contributed by atoms with van der Waals surface area (Å²) in [7, 11) is 1.46. The van der Waals surface area contributed by atoms with Gasteiger partial charge in [0.05, 0.1) is 13.0 Å². The molecule has 0 N–H and O–H groups in total. The number of carbonyl (C=O) groups excluding carboxylic acids is 1. The van der Waals surface area contributed by atoms with E-state index in [4.69, 9.17) is 4.74 Å². The van der Waals surface area contributed by atoms with Crippen molar-refractivity contribution in [2.45, 2.75) is 39.2 Å². The number of methoxy groups -OCH3 is 1. The quantitative estimate of drug-likeness (QED) is 0.783. The highest BCUT2D eigenvalue weighted by Crippen LogP contribution is 2.29. The molecule has 3 heteroatoms. The van der Waals surface area contributed by atoms with Gasteiger partial charge in [-0.3, -0.25) is 4.79 Å². The lowest BCUT2D eigenvalue weighted by molar-refractivity contribution is -0.145. The third kappa shape index (κ3) is 2.91. The number of carbonyl (C=O) groups is 1. The van der Waals surface area contributed by atoms with E-state index in [9.17, 15) is 4.79 Å². The molecule has 1 aromatic carbocycles. The molecule has 0 amide bonds. The molecule has 1 aliphatic rings. The van der Waals surface area contributed by atoms with Crippen molar-refractivity contribution in [3.05, 3.63) is 29.8 Å². The summed E-state index contributed by atoms with van der Waals surface area (Å²) in [6.07, 6.45) is 3.52. The second kappa shape index (κ2) is 6.09. The third-order valence-corrected chi connectivity index (χ3v) is 4.18. The van der Waals surface area contributed by atoms with Gasteiger partial charge in [-0.15, -0.1) is 0 Å². The molecule has 104 valence electrons. The molecule has 3 nitrogen and oxygen atoms in total. The lowest BCUT2D eigenvalue weighted by Crippen LogP contribution is -2.41. The zero-order chi connectivity index (χ0) is 13.8. The average molecular weight is 261 g/mol. The van der Waals surface area contributed by atoms with Crippen molar-refractivity contribution >= 4 is 11.7 Å². The van der Waals surface area contributed by atoms with E-state index in [-0.39, 0.29) is 17.9 Å². The minimum atomic E-state index is -0.130. The number of esters is 1. The summed E-state index contributed by atoms with van der Waals surface area (Å²) in [4.78, 5) is 14.1. The van der Waals surface area contributed by atoms with Crippen LogP contribution in [0.25, 0.3) is 0 Å². The van der Waals surface area contributed by atoms with Crippen LogP contribution in [0.2, 0.25) is 0 Å². The largest absolute Gasteiger partial charge is 0.469 e. The van der Waals surface area contributed by atoms with Gasteiger partial charge in [0.1, 0.15) is 0 Å². The highest BCUT2D eigenvalue weighted by molar-refractivity contribution is 5.73. The van der Waals surface area contributed by atoms with Crippen LogP contribution < -0.4 is 4.90 Å². The zero-order valence-corrected chi connectivity index (χ0v) is 12.1. The van der Waals surface area contributed by atoms with Crippen LogP contribution in [0.4, 0.5) is 5.69 Å². The summed E-state index contributed by atoms with van der Waals surface area (Å²) in [5.74, 6) is -0.245. The lowest BCUT2D eigenvalue weighted by Gasteiger charge is -2.34. The molecular weight excluding hydrogens is 238 g/mol. The Kier molecular flexibility index (Phi) is 4.46. The Morgan fingerprint density at radius 3 is 2.74 bits per heavy atom. The molecule has 1 aromatic rings. The van der Waals surface area contributed by atoms with Gasteiger partial charge in [0.15, 0.2) is 0 Å². The molecule has 0 saturated heterocycles. The maximum absolute atomic E-state index is 11.7. The fourth-order valence-electron chi connectivity index (χ4n) is 2.80. The third-order valence-electron chi connectivity index (χ3n) is 4.18. The van der Waals surface area contributed by atoms with E-state index in [1.807, 2.05) is 6.92 Å². The summed E-state index contributed by atoms with van der Waals surface area (Å²) >= 11 is 0. The van der Waals surface area contributed by atoms with Crippen LogP contribution >= 0.6 is 0 Å². The van der Waals surface area contributed by atoms with Gasteiger partial charge in [-0.2, -0.15) is 0 Å². The Balaban J connectivity index is 2.26. The lowest BCUT2D eigenvalue weighted by atomic mass is 10.0. The van der Waals surface area contributed by atoms with Crippen molar-refractivity contribution in [3.8, 4) is 0 Å². The summed E-state index contributed by atoms with van der Waals surface area (Å²) < 4.78 is 4.88. The second-order valence-corrected chi connectivity index (χ2v) is 5.33. The van der Waals surface area contributed by atoms with Crippen molar-refractivity contribution in [2.24, 2.45) is 5.92 Å². The van der Waals surface area contributed by atoms with E-state index in [0.717, 1.165) is 13.0 Å². The van der Waals surface area contributed by atoms with Crippen LogP contribution in [0.5, 0.6) is 0 Å². The topological polar surface area (TPSA) is 29.5 Å². The molecule has 2 atom stereocenters. The highest BCUT2D eigenvalue weighted by atomic mass is 16.5. The molecule has 0 aliphatic carbocycles. The Morgan fingerprint density at radius 1 is 1.26 bits per heavy atom. The first-order chi connectivity index (χ1) is 9.15. The number of anilines is 1. The van der Waals surface area contributed by atoms with Gasteiger partial charge >= 0.3 is 5.97 Å². The highest BCUT2D eigenvalue weighted by Gasteiger charge is 2.28. The minimum absolute atomic E-state index is 0.115. The minimum Gasteiger partial charge on any atom is -0.469 e. The van der Waals surface area contributed by atoms with Gasteiger partial charge in [0, 0.05) is 18.3 Å². The summed E-state index contributed by atoms with van der Waals surface area (Å²) in [5.41, 5.74) is 2.67. The molecule has 0 bridgehead atoms. The number of ether oxygens (including phenoxy) is 1. The van der Waals surface area contributed by atoms with Crippen molar-refractivity contribution in [1.29, 1.82) is 0 Å². The molecule has 2 unspecified atom stereocenters. The molecule has 0 saturated carbocycles. The molecule has 1 aliphatic heterocycles. The van der Waals surface area contributed by atoms with Crippen LogP contribution in [0.3, 0.4) is 0 Å². The predicted molar refractivity (Wildman–Crippen MR) is 77.4 cm³/mol. The summed E-state index contributed by atoms with van der Waals surface area (Å²) in [6, 6.07) is 8.69. The Labute approximate surface area is 115 Å². The van der Waals surface area contributed by atoms with Gasteiger partial charge in [-0.1, -0.05) is 18.2 Å². The smallest absolute Gasteiger partial charge is 0.310 e. The van der Waals surface area contributed by atoms with Gasteiger partial charge in [-0.25, -0.2) is 0 Å². The Hall–Kier alpha value is -1.51. The zero-order valence-electron chi connectivity index (χ0n) is 12.1. The van der Waals surface area contributed by atoms with Gasteiger partial charge < -0.3 is 9.64 Å². The molecule has 0 radical (unpaired) electrons. The predicted octanol–water partition coefficient (Wildman–Crippen LogP) is 3.03. The molecule has 1 heterocycles. The van der Waals surface area contributed by atoms with Crippen molar-refractivity contribution in [2.75, 3.05) is 18.6 Å². The summed E-state index contributed by atoms with van der Waals surface area (Å²) in [5, 5.41) is 0. The Morgan fingerprint density at radius 2 is 2.00 bits per heavy atom. The number of fused-ring (bicyclic) bond motifs is 1. The number of para-hydroxylation sites is 1. The molecule has 2 rings (SSSR count). The van der Waals surface area contributed by atoms with Crippen LogP contribution in [-0.2, 0) is 16.0 Å². The number of nitrogens with zero attached hydrogens (tertiary/aromatic N) is 1. The molecular formula is C16H23NO2. The maximum atomic E-state index is 11.7. The number of aryl methyl sites for hydroxylation is 1. The van der Waals surface area contributed by atoms with E-state index < -0.39 is 0 Å². The van der Waals surface area contributed by atoms with Crippen LogP contribution in [0, 0.1) is 5.92 Å². The number of benzene rings is 1. The van der Waals surface area contributed by atoms with Crippen LogP contribution in [0.1, 0.15) is 32.3 Å². The first-order valence-electron chi connectivity index (χ1n) is 7.07. The van der Waals surface area contributed by atoms with Crippen molar-refractivity contribution in [3.63, 3.8) is 0 Å². The SMILES string of the molecule is COC(=O)C(C)C(C)N1CCCCc2ccccc21. The molecule has 19 heavy (non-hydrogen) atoms. The fourth-order valence-corrected chi connectivity index (χ4v) is 2.80. The van der Waals surface area contributed by atoms with Crippen molar-refractivity contribution < 1.29 is 9.53 Å². The second-order valence-electron chi connectivity index (χ2n) is 5.33. The van der Waals surface area contributed by atoms with Gasteiger partial charge in [0.25, 0.3) is 0 Å². The molecule has 0 spiro atoms. The standard InChI is InChI=1S/C16H23NO2/c1-12(16(18)19-3)13(2)17-11-7-6-9-14-8-4-5-10-15(14)17/h4-5,8,10,12-13H,6-7,9,11H2,1-3H3. The summed E-state index contributed by atoms with van der Waals surface area (Å²) in [6.45, 7) is 5.08. The monoisotopic (exact) mass is 261 g/mol. The van der Waals surface area contributed by atoms with Gasteiger partial charge in [0.2, 0.25) is 0 Å². The first-order valence-corrected chi connectivity index (χ1v) is 7.07. The number of rotatable bonds is 3. The number of hydrogen-bond acceptors (Lipinski definition) is 3. The van der Waals surface area contributed by atoms with Gasteiger partial charge in [-0.05, 0) is 44.7 Å². The fraction of sp³-hybridized carbons (Fsp3) is 0.562. The van der Waals surface area contributed by atoms with Crippen LogP contribution in [0.15, 0.2) is 24.3 Å². The van der Waals surface area contributed by atoms with E-state index in [1.54, 1.807) is 0 Å². The number of hydrogen-bond donors (Lipinski definition) is 0. The molecule has 0 aromatic heterocycles. The van der Waals surface area contributed by atoms with E-state index in [0.29, 0.717) is 0 Å². The Bertz CT molecular complexity index is 444. The van der Waals surface area contributed by atoms with Crippen LogP contribution in [-0.4, -0.2) is 25.7 Å². The molecule has 0 fully saturated rings. The first kappa shape index (κ1) is 13.9. The van der Waals surface area contributed by atoms with E-state index in [2.05, 4.69) is 36.1 Å². The van der Waals surface area contributed by atoms with E-state index >= 15 is 0 Å². The average Bonchev–Trinajstić information content (AvgIpc) is 2.67. The normalized spacial score (nSPS) is 18.2. The maximum Gasteiger partial charge on any atom is 0.310 e. The van der Waals surface area contributed by atoms with E-state index in [1.165, 1.54) is 31.2 Å². The van der Waals surface area contributed by atoms with Crippen molar-refractivity contribution in [1.82, 2.24) is 0 Å².